The van der Waals surface area contributed by atoms with Gasteiger partial charge in [-0.15, -0.1) is 0 Å². The molecule has 5 nitrogen and oxygen atoms in total. The number of methoxy groups -OCH3 is 1. The molecule has 2 aliphatic heterocycles. The minimum absolute atomic E-state index is 0.124. The van der Waals surface area contributed by atoms with Crippen molar-refractivity contribution in [2.75, 3.05) is 43.7 Å². The average molecular weight is 581 g/mol. The number of ether oxygens (including phenoxy) is 2. The lowest BCUT2D eigenvalue weighted by Crippen LogP contribution is -2.49. The maximum atomic E-state index is 13.3. The van der Waals surface area contributed by atoms with Gasteiger partial charge in [-0.3, -0.25) is 4.79 Å². The molecule has 1 fully saturated rings. The summed E-state index contributed by atoms with van der Waals surface area (Å²) in [5.41, 5.74) is 4.25. The van der Waals surface area contributed by atoms with E-state index in [1.165, 1.54) is 24.0 Å². The second kappa shape index (κ2) is 11.6. The third-order valence-corrected chi connectivity index (χ3v) is 11.3. The molecule has 0 aromatic heterocycles. The van der Waals surface area contributed by atoms with Gasteiger partial charge in [0, 0.05) is 42.0 Å². The standard InChI is InChI=1S/C33H41ClN2O3S/c1-22-6-4-8-30(38-2)27-12-9-25(27)18-36-20-33(15-5-7-23-16-26(34)11-13-28(23)33)21-39-31-14-10-24(17-29(31)36)32(37)35-40(3)19-22/h4,8,10-11,13-14,16-17,22,25,27,30H,5-7,9,12,15,18-21H2,1-3H3/b8-4+/t22-,25-,27+,30-,33-,40?/m0/s1. The normalized spacial score (nSPS) is 33.0. The van der Waals surface area contributed by atoms with E-state index >= 15 is 0 Å². The van der Waals surface area contributed by atoms with Crippen LogP contribution in [0.1, 0.15) is 60.5 Å². The highest BCUT2D eigenvalue weighted by Crippen LogP contribution is 2.47. The number of carbonyl (C=O) groups excluding carboxylic acids is 1. The van der Waals surface area contributed by atoms with E-state index in [-0.39, 0.29) is 28.1 Å². The number of rotatable bonds is 1. The average Bonchev–Trinajstić information content (AvgIpc) is 3.06. The Balaban J connectivity index is 1.42. The summed E-state index contributed by atoms with van der Waals surface area (Å²) < 4.78 is 17.3. The van der Waals surface area contributed by atoms with Gasteiger partial charge in [-0.2, -0.15) is 4.36 Å². The van der Waals surface area contributed by atoms with Crippen LogP contribution in [0.15, 0.2) is 52.9 Å². The molecular formula is C33H41ClN2O3S. The summed E-state index contributed by atoms with van der Waals surface area (Å²) in [6.07, 6.45) is 13.4. The molecule has 0 N–H and O–H groups in total. The Morgan fingerprint density at radius 1 is 1.20 bits per heavy atom. The van der Waals surface area contributed by atoms with Crippen molar-refractivity contribution >= 4 is 33.9 Å². The van der Waals surface area contributed by atoms with Crippen LogP contribution in [0.4, 0.5) is 5.69 Å². The van der Waals surface area contributed by atoms with Gasteiger partial charge < -0.3 is 14.4 Å². The maximum Gasteiger partial charge on any atom is 0.282 e. The van der Waals surface area contributed by atoms with E-state index in [9.17, 15) is 4.79 Å². The molecule has 6 rings (SSSR count). The summed E-state index contributed by atoms with van der Waals surface area (Å²) in [4.78, 5) is 15.9. The van der Waals surface area contributed by atoms with Crippen molar-refractivity contribution in [3.8, 4) is 5.75 Å². The summed E-state index contributed by atoms with van der Waals surface area (Å²) in [7, 11) is 1.52. The van der Waals surface area contributed by atoms with Crippen LogP contribution in [0.25, 0.3) is 0 Å². The van der Waals surface area contributed by atoms with E-state index in [0.29, 0.717) is 29.9 Å². The molecule has 2 aromatic rings. The Labute approximate surface area is 246 Å². The van der Waals surface area contributed by atoms with Gasteiger partial charge in [0.05, 0.1) is 18.4 Å². The van der Waals surface area contributed by atoms with Crippen LogP contribution in [0.2, 0.25) is 5.02 Å². The minimum Gasteiger partial charge on any atom is -0.490 e. The molecule has 2 heterocycles. The number of hydrogen-bond acceptors (Lipinski definition) is 4. The fourth-order valence-corrected chi connectivity index (χ4v) is 8.95. The maximum absolute atomic E-state index is 13.3. The van der Waals surface area contributed by atoms with Crippen molar-refractivity contribution < 1.29 is 14.3 Å². The number of nitrogens with zero attached hydrogens (tertiary/aromatic N) is 2. The number of aryl methyl sites for hydroxylation is 1. The first-order valence-electron chi connectivity index (χ1n) is 14.7. The van der Waals surface area contributed by atoms with Crippen LogP contribution < -0.4 is 9.64 Å². The SMILES string of the molecule is CO[C@H]1/C=C/C[C@H](C)CS(C)=NC(=O)c2ccc3c(c2)N(C[C@@H]2CC[C@H]21)C[C@@]1(CCCc2cc(Cl)ccc21)CO3. The summed E-state index contributed by atoms with van der Waals surface area (Å²) in [6.45, 7) is 4.64. The Morgan fingerprint density at radius 3 is 2.88 bits per heavy atom. The summed E-state index contributed by atoms with van der Waals surface area (Å²) >= 11 is 6.42. The van der Waals surface area contributed by atoms with Crippen LogP contribution in [-0.4, -0.2) is 50.8 Å². The number of carbonyl (C=O) groups is 1. The molecule has 6 atom stereocenters. The quantitative estimate of drug-likeness (QED) is 0.340. The number of halogens is 1. The molecule has 0 radical (unpaired) electrons. The zero-order chi connectivity index (χ0) is 27.9. The Hall–Kier alpha value is -2.15. The van der Waals surface area contributed by atoms with Gasteiger partial charge in [0.25, 0.3) is 5.91 Å². The Morgan fingerprint density at radius 2 is 2.08 bits per heavy atom. The third-order valence-electron chi connectivity index (χ3n) is 9.54. The third kappa shape index (κ3) is 5.52. The van der Waals surface area contributed by atoms with E-state index in [0.717, 1.165) is 61.0 Å². The predicted octanol–water partition coefficient (Wildman–Crippen LogP) is 7.02. The monoisotopic (exact) mass is 580 g/mol. The molecule has 0 saturated heterocycles. The first-order chi connectivity index (χ1) is 19.3. The van der Waals surface area contributed by atoms with Gasteiger partial charge in [0.2, 0.25) is 0 Å². The second-order valence-electron chi connectivity index (χ2n) is 12.4. The molecule has 1 spiro atoms. The van der Waals surface area contributed by atoms with Crippen molar-refractivity contribution in [2.24, 2.45) is 22.1 Å². The molecule has 2 bridgehead atoms. The van der Waals surface area contributed by atoms with Crippen LogP contribution in [0, 0.1) is 17.8 Å². The topological polar surface area (TPSA) is 51.1 Å². The zero-order valence-electron chi connectivity index (χ0n) is 23.9. The number of benzene rings is 2. The van der Waals surface area contributed by atoms with Crippen LogP contribution in [-0.2, 0) is 27.3 Å². The molecule has 1 amide bonds. The number of amides is 1. The largest absolute Gasteiger partial charge is 0.490 e. The van der Waals surface area contributed by atoms with E-state index in [1.807, 2.05) is 31.4 Å². The summed E-state index contributed by atoms with van der Waals surface area (Å²) in [5.74, 6) is 3.11. The fraction of sp³-hybridized carbons (Fsp3) is 0.545. The number of anilines is 1. The van der Waals surface area contributed by atoms with Gasteiger partial charge >= 0.3 is 0 Å². The molecular weight excluding hydrogens is 540 g/mol. The smallest absolute Gasteiger partial charge is 0.282 e. The number of allylic oxidation sites excluding steroid dienone is 1. The highest BCUT2D eigenvalue weighted by Gasteiger charge is 2.44. The van der Waals surface area contributed by atoms with E-state index in [2.05, 4.69) is 46.7 Å². The Bertz CT molecular complexity index is 1340. The lowest BCUT2D eigenvalue weighted by molar-refractivity contribution is 0.0131. The highest BCUT2D eigenvalue weighted by atomic mass is 35.5. The molecule has 40 heavy (non-hydrogen) atoms. The van der Waals surface area contributed by atoms with Crippen molar-refractivity contribution in [3.05, 3.63) is 70.3 Å². The fourth-order valence-electron chi connectivity index (χ4n) is 7.34. The predicted molar refractivity (Wildman–Crippen MR) is 165 cm³/mol. The lowest BCUT2D eigenvalue weighted by Gasteiger charge is -2.46. The minimum atomic E-state index is -0.331. The highest BCUT2D eigenvalue weighted by molar-refractivity contribution is 7.86. The van der Waals surface area contributed by atoms with Crippen molar-refractivity contribution in [1.29, 1.82) is 0 Å². The lowest BCUT2D eigenvalue weighted by atomic mass is 9.68. The van der Waals surface area contributed by atoms with Gasteiger partial charge in [0.1, 0.15) is 5.75 Å². The van der Waals surface area contributed by atoms with Crippen LogP contribution >= 0.6 is 11.6 Å². The van der Waals surface area contributed by atoms with E-state index < -0.39 is 0 Å². The molecule has 1 unspecified atom stereocenters. The Kier molecular flexibility index (Phi) is 8.13. The molecule has 2 aliphatic carbocycles. The van der Waals surface area contributed by atoms with Crippen molar-refractivity contribution in [2.45, 2.75) is 57.0 Å². The van der Waals surface area contributed by atoms with Crippen molar-refractivity contribution in [1.82, 2.24) is 0 Å². The van der Waals surface area contributed by atoms with Crippen LogP contribution in [0.3, 0.4) is 0 Å². The van der Waals surface area contributed by atoms with Gasteiger partial charge in [-0.05, 0) is 104 Å². The molecule has 7 heteroatoms. The number of fused-ring (bicyclic) bond motifs is 4. The van der Waals surface area contributed by atoms with Gasteiger partial charge in [-0.1, -0.05) is 47.4 Å². The number of hydrogen-bond donors (Lipinski definition) is 0. The van der Waals surface area contributed by atoms with E-state index in [1.54, 1.807) is 0 Å². The van der Waals surface area contributed by atoms with Crippen LogP contribution in [0.5, 0.6) is 5.75 Å². The first kappa shape index (κ1) is 28.0. The van der Waals surface area contributed by atoms with Gasteiger partial charge in [-0.25, -0.2) is 0 Å². The summed E-state index contributed by atoms with van der Waals surface area (Å²) in [6, 6.07) is 12.3. The second-order valence-corrected chi connectivity index (χ2v) is 14.6. The summed E-state index contributed by atoms with van der Waals surface area (Å²) in [5, 5.41) is 0.797. The first-order valence-corrected chi connectivity index (χ1v) is 16.9. The molecule has 1 saturated carbocycles. The molecule has 4 aliphatic rings. The van der Waals surface area contributed by atoms with Gasteiger partial charge in [0.15, 0.2) is 0 Å². The molecule has 214 valence electrons. The molecule has 2 aromatic carbocycles. The van der Waals surface area contributed by atoms with E-state index in [4.69, 9.17) is 21.1 Å². The van der Waals surface area contributed by atoms with Crippen molar-refractivity contribution in [3.63, 3.8) is 0 Å². The zero-order valence-corrected chi connectivity index (χ0v) is 25.5.